The van der Waals surface area contributed by atoms with Crippen LogP contribution in [0.5, 0.6) is 0 Å². The fourth-order valence-electron chi connectivity index (χ4n) is 3.44. The fourth-order valence-corrected chi connectivity index (χ4v) is 7.50. The predicted molar refractivity (Wildman–Crippen MR) is 165 cm³/mol. The van der Waals surface area contributed by atoms with Gasteiger partial charge in [-0.2, -0.15) is 0 Å². The van der Waals surface area contributed by atoms with Crippen molar-refractivity contribution in [2.75, 3.05) is 6.61 Å². The standard InChI is InChI=1S/C29H64O3Si3/c1-20-22(2)25(31-34(16,17)28(8,9)10)24(4)26(32-35(18,19)29(11,12)13)23(3)21-30-33(14,15)27(5,6)7/h20,22-26H,1,21H2,2-19H3/t22-,23-,24+,25-,26-/m0/s1. The van der Waals surface area contributed by atoms with E-state index in [4.69, 9.17) is 13.3 Å². The minimum Gasteiger partial charge on any atom is -0.416 e. The molecule has 35 heavy (non-hydrogen) atoms. The fraction of sp³-hybridized carbons (Fsp3) is 0.931. The second-order valence-electron chi connectivity index (χ2n) is 15.7. The molecule has 5 atom stereocenters. The van der Waals surface area contributed by atoms with Gasteiger partial charge in [0.05, 0.1) is 12.2 Å². The Labute approximate surface area is 224 Å². The lowest BCUT2D eigenvalue weighted by Gasteiger charge is -2.48. The summed E-state index contributed by atoms with van der Waals surface area (Å²) in [6.45, 7) is 46.8. The van der Waals surface area contributed by atoms with Crippen molar-refractivity contribution in [2.24, 2.45) is 17.8 Å². The Kier molecular flexibility index (Phi) is 12.1. The van der Waals surface area contributed by atoms with Crippen molar-refractivity contribution in [3.05, 3.63) is 12.7 Å². The van der Waals surface area contributed by atoms with E-state index < -0.39 is 25.0 Å². The molecule has 0 amide bonds. The van der Waals surface area contributed by atoms with Crippen molar-refractivity contribution >= 4 is 25.0 Å². The maximum absolute atomic E-state index is 7.23. The molecule has 0 aromatic carbocycles. The van der Waals surface area contributed by atoms with Gasteiger partial charge in [-0.3, -0.25) is 0 Å². The molecule has 210 valence electrons. The highest BCUT2D eigenvalue weighted by Crippen LogP contribution is 2.43. The maximum Gasteiger partial charge on any atom is 0.192 e. The Hall–Kier alpha value is 0.271. The first kappa shape index (κ1) is 35.3. The van der Waals surface area contributed by atoms with Crippen molar-refractivity contribution in [1.82, 2.24) is 0 Å². The van der Waals surface area contributed by atoms with E-state index in [1.54, 1.807) is 0 Å². The van der Waals surface area contributed by atoms with Gasteiger partial charge in [-0.25, -0.2) is 0 Å². The lowest BCUT2D eigenvalue weighted by atomic mass is 9.84. The molecule has 0 radical (unpaired) electrons. The molecule has 3 nitrogen and oxygen atoms in total. The summed E-state index contributed by atoms with van der Waals surface area (Å²) < 4.78 is 21.1. The van der Waals surface area contributed by atoms with E-state index >= 15 is 0 Å². The highest BCUT2D eigenvalue weighted by Gasteiger charge is 2.47. The van der Waals surface area contributed by atoms with Crippen LogP contribution in [0.25, 0.3) is 0 Å². The van der Waals surface area contributed by atoms with Crippen LogP contribution in [-0.4, -0.2) is 43.8 Å². The van der Waals surface area contributed by atoms with Crippen LogP contribution in [0, 0.1) is 17.8 Å². The summed E-state index contributed by atoms with van der Waals surface area (Å²) in [5, 5.41) is 0.489. The predicted octanol–water partition coefficient (Wildman–Crippen LogP) is 9.88. The summed E-state index contributed by atoms with van der Waals surface area (Å²) in [4.78, 5) is 0. The summed E-state index contributed by atoms with van der Waals surface area (Å²) in [7, 11) is -5.83. The van der Waals surface area contributed by atoms with Gasteiger partial charge in [-0.05, 0) is 60.3 Å². The van der Waals surface area contributed by atoms with E-state index in [1.807, 2.05) is 0 Å². The molecule has 0 heterocycles. The molecule has 0 aliphatic heterocycles. The molecule has 0 aromatic rings. The molecule has 0 aromatic heterocycles. The number of hydrogen-bond donors (Lipinski definition) is 0. The second-order valence-corrected chi connectivity index (χ2v) is 30.0. The first-order valence-corrected chi connectivity index (χ1v) is 22.6. The van der Waals surface area contributed by atoms with Crippen LogP contribution in [0.2, 0.25) is 54.4 Å². The zero-order chi connectivity index (χ0) is 28.4. The third-order valence-electron chi connectivity index (χ3n) is 9.47. The summed E-state index contributed by atoms with van der Waals surface area (Å²) >= 11 is 0. The van der Waals surface area contributed by atoms with Gasteiger partial charge in [0, 0.05) is 18.4 Å². The number of hydrogen-bond acceptors (Lipinski definition) is 3. The zero-order valence-corrected chi connectivity index (χ0v) is 30.1. The second kappa shape index (κ2) is 12.0. The van der Waals surface area contributed by atoms with E-state index in [2.05, 4.69) is 135 Å². The maximum atomic E-state index is 7.23. The normalized spacial score (nSPS) is 19.1. The Morgan fingerprint density at radius 1 is 0.629 bits per heavy atom. The lowest BCUT2D eigenvalue weighted by molar-refractivity contribution is -0.0176. The van der Waals surface area contributed by atoms with E-state index in [0.29, 0.717) is 0 Å². The Balaban J connectivity index is 6.32. The van der Waals surface area contributed by atoms with Crippen molar-refractivity contribution in [1.29, 1.82) is 0 Å². The summed E-state index contributed by atoms with van der Waals surface area (Å²) in [6, 6.07) is 0. The van der Waals surface area contributed by atoms with Gasteiger partial charge < -0.3 is 13.3 Å². The molecule has 6 heteroatoms. The quantitative estimate of drug-likeness (QED) is 0.181. The number of rotatable bonds is 12. The molecule has 0 bridgehead atoms. The third-order valence-corrected chi connectivity index (χ3v) is 22.9. The van der Waals surface area contributed by atoms with Gasteiger partial charge in [0.1, 0.15) is 0 Å². The molecule has 0 N–H and O–H groups in total. The van der Waals surface area contributed by atoms with Crippen LogP contribution in [0.15, 0.2) is 12.7 Å². The molecular formula is C29H64O3Si3. The van der Waals surface area contributed by atoms with Gasteiger partial charge in [-0.15, -0.1) is 6.58 Å². The van der Waals surface area contributed by atoms with Crippen LogP contribution >= 0.6 is 0 Å². The first-order valence-electron chi connectivity index (χ1n) is 13.8. The molecule has 0 saturated carbocycles. The van der Waals surface area contributed by atoms with Gasteiger partial charge in [0.25, 0.3) is 0 Å². The molecule has 0 rings (SSSR count). The average Bonchev–Trinajstić information content (AvgIpc) is 2.64. The third kappa shape index (κ3) is 9.51. The van der Waals surface area contributed by atoms with Crippen molar-refractivity contribution in [3.8, 4) is 0 Å². The largest absolute Gasteiger partial charge is 0.416 e. The van der Waals surface area contributed by atoms with E-state index in [1.165, 1.54) is 0 Å². The van der Waals surface area contributed by atoms with E-state index in [0.717, 1.165) is 6.61 Å². The molecule has 0 unspecified atom stereocenters. The monoisotopic (exact) mass is 544 g/mol. The van der Waals surface area contributed by atoms with E-state index in [9.17, 15) is 0 Å². The summed E-state index contributed by atoms with van der Waals surface area (Å²) in [5.41, 5.74) is 0. The molecule has 0 aliphatic carbocycles. The van der Waals surface area contributed by atoms with Crippen molar-refractivity contribution in [2.45, 2.75) is 150 Å². The van der Waals surface area contributed by atoms with Crippen LogP contribution in [0.1, 0.15) is 83.1 Å². The highest BCUT2D eigenvalue weighted by molar-refractivity contribution is 6.75. The topological polar surface area (TPSA) is 27.7 Å². The molecule has 0 spiro atoms. The van der Waals surface area contributed by atoms with Crippen LogP contribution in [-0.2, 0) is 13.3 Å². The van der Waals surface area contributed by atoms with Gasteiger partial charge in [0.15, 0.2) is 25.0 Å². The van der Waals surface area contributed by atoms with Crippen LogP contribution in [0.3, 0.4) is 0 Å². The van der Waals surface area contributed by atoms with Crippen LogP contribution in [0.4, 0.5) is 0 Å². The molecule has 0 fully saturated rings. The minimum absolute atomic E-state index is 0.0674. The van der Waals surface area contributed by atoms with Gasteiger partial charge in [0.2, 0.25) is 0 Å². The smallest absolute Gasteiger partial charge is 0.192 e. The summed E-state index contributed by atoms with van der Waals surface area (Å²) in [5.74, 6) is 0.748. The molecular weight excluding hydrogens is 481 g/mol. The molecule has 0 aliphatic rings. The minimum atomic E-state index is -2.01. The van der Waals surface area contributed by atoms with Gasteiger partial charge >= 0.3 is 0 Å². The Bertz CT molecular complexity index is 666. The zero-order valence-electron chi connectivity index (χ0n) is 27.1. The summed E-state index contributed by atoms with van der Waals surface area (Å²) in [6.07, 6.45) is 2.20. The van der Waals surface area contributed by atoms with Crippen molar-refractivity contribution in [3.63, 3.8) is 0 Å². The Morgan fingerprint density at radius 3 is 1.29 bits per heavy atom. The van der Waals surface area contributed by atoms with Crippen LogP contribution < -0.4 is 0 Å². The lowest BCUT2D eigenvalue weighted by Crippen LogP contribution is -2.54. The highest BCUT2D eigenvalue weighted by atomic mass is 28.4. The molecule has 0 saturated heterocycles. The Morgan fingerprint density at radius 2 is 0.971 bits per heavy atom. The average molecular weight is 545 g/mol. The van der Waals surface area contributed by atoms with E-state index in [-0.39, 0.29) is 45.1 Å². The SMILES string of the molecule is C=C[C@H](C)[C@H](O[Si](C)(C)C(C)(C)C)[C@@H](C)[C@@H](O[Si](C)(C)C(C)(C)C)[C@@H](C)CO[Si](C)(C)C(C)(C)C. The first-order chi connectivity index (χ1) is 15.2. The van der Waals surface area contributed by atoms with Crippen molar-refractivity contribution < 1.29 is 13.3 Å². The van der Waals surface area contributed by atoms with Gasteiger partial charge in [-0.1, -0.05) is 89.2 Å².